The first-order valence-electron chi connectivity index (χ1n) is 3.91. The monoisotopic (exact) mass is 199 g/mol. The van der Waals surface area contributed by atoms with Gasteiger partial charge in [-0.05, 0) is 5.92 Å². The topological polar surface area (TPSA) is 101 Å². The second-order valence-corrected chi connectivity index (χ2v) is 3.04. The standard InChI is InChI=1S/C8H9NO5/c1-3(2)5-4(7(10)11)6(8(12)13)14-9-5/h3H,1-2H3,(H,10,11)(H,12,13). The molecule has 0 fully saturated rings. The summed E-state index contributed by atoms with van der Waals surface area (Å²) in [5, 5.41) is 20.8. The number of nitrogens with zero attached hydrogens (tertiary/aromatic N) is 1. The van der Waals surface area contributed by atoms with Gasteiger partial charge in [-0.3, -0.25) is 0 Å². The highest BCUT2D eigenvalue weighted by Gasteiger charge is 2.28. The van der Waals surface area contributed by atoms with Crippen molar-refractivity contribution in [1.29, 1.82) is 0 Å². The van der Waals surface area contributed by atoms with E-state index in [1.165, 1.54) is 0 Å². The molecule has 0 aromatic carbocycles. The van der Waals surface area contributed by atoms with Crippen LogP contribution in [0, 0.1) is 0 Å². The molecule has 0 aliphatic heterocycles. The highest BCUT2D eigenvalue weighted by atomic mass is 16.5. The summed E-state index contributed by atoms with van der Waals surface area (Å²) < 4.78 is 4.45. The third-order valence-corrected chi connectivity index (χ3v) is 1.67. The van der Waals surface area contributed by atoms with E-state index in [1.807, 2.05) is 0 Å². The normalized spacial score (nSPS) is 10.5. The van der Waals surface area contributed by atoms with Gasteiger partial charge in [0.2, 0.25) is 0 Å². The van der Waals surface area contributed by atoms with E-state index in [1.54, 1.807) is 13.8 Å². The van der Waals surface area contributed by atoms with Crippen LogP contribution in [0.25, 0.3) is 0 Å². The quantitative estimate of drug-likeness (QED) is 0.758. The number of rotatable bonds is 3. The van der Waals surface area contributed by atoms with Gasteiger partial charge in [-0.1, -0.05) is 19.0 Å². The molecule has 1 aromatic heterocycles. The third kappa shape index (κ3) is 1.59. The smallest absolute Gasteiger partial charge is 0.375 e. The van der Waals surface area contributed by atoms with Gasteiger partial charge in [0.05, 0.1) is 0 Å². The molecular weight excluding hydrogens is 190 g/mol. The van der Waals surface area contributed by atoms with Crippen molar-refractivity contribution in [3.05, 3.63) is 17.0 Å². The Hall–Kier alpha value is -1.85. The Morgan fingerprint density at radius 3 is 2.21 bits per heavy atom. The molecule has 0 spiro atoms. The molecule has 76 valence electrons. The molecule has 14 heavy (non-hydrogen) atoms. The maximum atomic E-state index is 10.7. The first-order chi connectivity index (χ1) is 6.45. The van der Waals surface area contributed by atoms with Crippen LogP contribution in [0.1, 0.15) is 46.4 Å². The summed E-state index contributed by atoms with van der Waals surface area (Å²) >= 11 is 0. The van der Waals surface area contributed by atoms with Crippen LogP contribution < -0.4 is 0 Å². The summed E-state index contributed by atoms with van der Waals surface area (Å²) in [5.74, 6) is -3.59. The van der Waals surface area contributed by atoms with Crippen molar-refractivity contribution in [3.8, 4) is 0 Å². The molecule has 0 atom stereocenters. The molecule has 6 heteroatoms. The van der Waals surface area contributed by atoms with E-state index in [0.717, 1.165) is 0 Å². The molecular formula is C8H9NO5. The summed E-state index contributed by atoms with van der Waals surface area (Å²) in [4.78, 5) is 21.3. The fourth-order valence-corrected chi connectivity index (χ4v) is 1.05. The Morgan fingerprint density at radius 1 is 1.29 bits per heavy atom. The molecule has 6 nitrogen and oxygen atoms in total. The van der Waals surface area contributed by atoms with E-state index < -0.39 is 17.7 Å². The van der Waals surface area contributed by atoms with Crippen LogP contribution >= 0.6 is 0 Å². The number of aromatic carboxylic acids is 2. The lowest BCUT2D eigenvalue weighted by molar-refractivity contribution is 0.0618. The van der Waals surface area contributed by atoms with Crippen LogP contribution in [0.15, 0.2) is 4.52 Å². The second-order valence-electron chi connectivity index (χ2n) is 3.04. The summed E-state index contributed by atoms with van der Waals surface area (Å²) in [6.45, 7) is 3.41. The van der Waals surface area contributed by atoms with Gasteiger partial charge in [-0.2, -0.15) is 0 Å². The van der Waals surface area contributed by atoms with Crippen molar-refractivity contribution in [1.82, 2.24) is 5.16 Å². The lowest BCUT2D eigenvalue weighted by Crippen LogP contribution is -2.08. The lowest BCUT2D eigenvalue weighted by Gasteiger charge is -1.99. The third-order valence-electron chi connectivity index (χ3n) is 1.67. The highest BCUT2D eigenvalue weighted by molar-refractivity contribution is 6.00. The summed E-state index contributed by atoms with van der Waals surface area (Å²) in [6.07, 6.45) is 0. The second kappa shape index (κ2) is 3.49. The van der Waals surface area contributed by atoms with Gasteiger partial charge in [0.1, 0.15) is 11.3 Å². The van der Waals surface area contributed by atoms with Crippen LogP contribution in [0.3, 0.4) is 0 Å². The van der Waals surface area contributed by atoms with Gasteiger partial charge in [-0.25, -0.2) is 9.59 Å². The maximum absolute atomic E-state index is 10.7. The van der Waals surface area contributed by atoms with E-state index in [2.05, 4.69) is 9.68 Å². The van der Waals surface area contributed by atoms with Gasteiger partial charge in [0, 0.05) is 0 Å². The van der Waals surface area contributed by atoms with Crippen molar-refractivity contribution in [2.24, 2.45) is 0 Å². The van der Waals surface area contributed by atoms with Crippen molar-refractivity contribution in [2.75, 3.05) is 0 Å². The summed E-state index contributed by atoms with van der Waals surface area (Å²) in [5.41, 5.74) is -0.220. The number of hydrogen-bond acceptors (Lipinski definition) is 4. The molecule has 0 aliphatic carbocycles. The van der Waals surface area contributed by atoms with Gasteiger partial charge in [0.15, 0.2) is 0 Å². The molecule has 0 aliphatic rings. The van der Waals surface area contributed by atoms with Crippen LogP contribution in [0.2, 0.25) is 0 Å². The van der Waals surface area contributed by atoms with Gasteiger partial charge >= 0.3 is 11.9 Å². The molecule has 0 saturated carbocycles. The average Bonchev–Trinajstić information content (AvgIpc) is 2.46. The molecule has 1 rings (SSSR count). The van der Waals surface area contributed by atoms with E-state index in [4.69, 9.17) is 10.2 Å². The van der Waals surface area contributed by atoms with E-state index in [9.17, 15) is 9.59 Å². The minimum atomic E-state index is -1.43. The molecule has 0 saturated heterocycles. The first-order valence-corrected chi connectivity index (χ1v) is 3.91. The maximum Gasteiger partial charge on any atom is 0.375 e. The van der Waals surface area contributed by atoms with Crippen LogP contribution in [0.5, 0.6) is 0 Å². The largest absolute Gasteiger partial charge is 0.477 e. The van der Waals surface area contributed by atoms with Crippen LogP contribution in [0.4, 0.5) is 0 Å². The van der Waals surface area contributed by atoms with Crippen molar-refractivity contribution in [2.45, 2.75) is 19.8 Å². The molecule has 0 bridgehead atoms. The van der Waals surface area contributed by atoms with E-state index in [-0.39, 0.29) is 17.2 Å². The fourth-order valence-electron chi connectivity index (χ4n) is 1.05. The van der Waals surface area contributed by atoms with Crippen molar-refractivity contribution < 1.29 is 24.3 Å². The molecule has 1 heterocycles. The summed E-state index contributed by atoms with van der Waals surface area (Å²) in [7, 11) is 0. The Morgan fingerprint density at radius 2 is 1.86 bits per heavy atom. The Balaban J connectivity index is 3.35. The molecule has 2 N–H and O–H groups in total. The fraction of sp³-hybridized carbons (Fsp3) is 0.375. The van der Waals surface area contributed by atoms with Crippen molar-refractivity contribution in [3.63, 3.8) is 0 Å². The number of hydrogen-bond donors (Lipinski definition) is 2. The van der Waals surface area contributed by atoms with Crippen LogP contribution in [-0.2, 0) is 0 Å². The zero-order valence-corrected chi connectivity index (χ0v) is 7.64. The minimum absolute atomic E-state index is 0.148. The zero-order valence-electron chi connectivity index (χ0n) is 7.64. The predicted molar refractivity (Wildman–Crippen MR) is 44.5 cm³/mol. The van der Waals surface area contributed by atoms with Gasteiger partial charge in [0.25, 0.3) is 5.76 Å². The van der Waals surface area contributed by atoms with Crippen molar-refractivity contribution >= 4 is 11.9 Å². The molecule has 0 unspecified atom stereocenters. The Bertz CT molecular complexity index is 379. The number of carbonyl (C=O) groups is 2. The van der Waals surface area contributed by atoms with Gasteiger partial charge < -0.3 is 14.7 Å². The predicted octanol–water partition coefficient (Wildman–Crippen LogP) is 1.19. The molecule has 0 radical (unpaired) electrons. The summed E-state index contributed by atoms with van der Waals surface area (Å²) in [6, 6.07) is 0. The lowest BCUT2D eigenvalue weighted by atomic mass is 10.0. The number of carboxylic acids is 2. The number of carboxylic acid groups (broad SMARTS) is 2. The Labute approximate surface area is 79.1 Å². The first kappa shape index (κ1) is 10.2. The SMILES string of the molecule is CC(C)c1noc(C(=O)O)c1C(=O)O. The van der Waals surface area contributed by atoms with Crippen LogP contribution in [-0.4, -0.2) is 27.3 Å². The highest BCUT2D eigenvalue weighted by Crippen LogP contribution is 2.21. The van der Waals surface area contributed by atoms with E-state index >= 15 is 0 Å². The molecule has 1 aromatic rings. The van der Waals surface area contributed by atoms with E-state index in [0.29, 0.717) is 0 Å². The average molecular weight is 199 g/mol. The number of aromatic nitrogens is 1. The Kier molecular flexibility index (Phi) is 2.55. The zero-order chi connectivity index (χ0) is 10.9. The molecule has 0 amide bonds. The van der Waals surface area contributed by atoms with Gasteiger partial charge in [-0.15, -0.1) is 0 Å². The minimum Gasteiger partial charge on any atom is -0.477 e.